The summed E-state index contributed by atoms with van der Waals surface area (Å²) in [6.45, 7) is 7.43. The Balaban J connectivity index is 1.23. The van der Waals surface area contributed by atoms with Crippen molar-refractivity contribution < 1.29 is 28.5 Å². The molecule has 3 aromatic rings. The normalized spacial score (nSPS) is 16.1. The monoisotopic (exact) mass is 581 g/mol. The quantitative estimate of drug-likeness (QED) is 0.286. The Hall–Kier alpha value is -3.43. The zero-order valence-electron chi connectivity index (χ0n) is 23.8. The van der Waals surface area contributed by atoms with Gasteiger partial charge in [-0.25, -0.2) is 9.97 Å². The molecule has 2 fully saturated rings. The van der Waals surface area contributed by atoms with Crippen LogP contribution in [0.2, 0.25) is 5.02 Å². The van der Waals surface area contributed by atoms with Gasteiger partial charge in [-0.15, -0.1) is 0 Å². The average molecular weight is 582 g/mol. The highest BCUT2D eigenvalue weighted by Crippen LogP contribution is 2.39. The van der Waals surface area contributed by atoms with E-state index in [-0.39, 0.29) is 31.1 Å². The number of aromatic nitrogens is 2. The molecule has 2 aliphatic heterocycles. The predicted octanol–water partition coefficient (Wildman–Crippen LogP) is 5.65. The first kappa shape index (κ1) is 29.1. The van der Waals surface area contributed by atoms with Crippen LogP contribution in [0, 0.1) is 11.3 Å². The van der Waals surface area contributed by atoms with E-state index in [0.29, 0.717) is 56.8 Å². The van der Waals surface area contributed by atoms with Gasteiger partial charge < -0.3 is 23.8 Å². The molecule has 0 unspecified atom stereocenters. The van der Waals surface area contributed by atoms with Gasteiger partial charge in [0.1, 0.15) is 17.9 Å². The van der Waals surface area contributed by atoms with Crippen LogP contribution in [0.4, 0.5) is 0 Å². The zero-order chi connectivity index (χ0) is 29.0. The molecular formula is C31H36ClN3O6. The lowest BCUT2D eigenvalue weighted by Gasteiger charge is -2.47. The van der Waals surface area contributed by atoms with Crippen molar-refractivity contribution in [1.29, 1.82) is 0 Å². The number of ether oxygens (including phenoxy) is 4. The molecule has 0 radical (unpaired) electrons. The number of hydrogen-bond donors (Lipinski definition) is 0. The fourth-order valence-electron chi connectivity index (χ4n) is 5.30. The SMILES string of the molecule is COc1cc2c(Oc3ccc(CC(=O)CC(C)C)c(Cl)c3)ncnc2cc1OCCC(=O)N1CCC2(CC1)COC2. The number of hydrogen-bond acceptors (Lipinski definition) is 8. The lowest BCUT2D eigenvalue weighted by atomic mass is 9.77. The number of fused-ring (bicyclic) bond motifs is 1. The van der Waals surface area contributed by atoms with Crippen molar-refractivity contribution >= 4 is 34.2 Å². The second-order valence-corrected chi connectivity index (χ2v) is 11.7. The van der Waals surface area contributed by atoms with Gasteiger partial charge >= 0.3 is 0 Å². The summed E-state index contributed by atoms with van der Waals surface area (Å²) in [5.74, 6) is 2.32. The average Bonchev–Trinajstić information content (AvgIpc) is 2.93. The Kier molecular flexibility index (Phi) is 8.94. The third kappa shape index (κ3) is 6.90. The van der Waals surface area contributed by atoms with Gasteiger partial charge in [0.05, 0.1) is 44.3 Å². The first-order valence-corrected chi connectivity index (χ1v) is 14.4. The van der Waals surface area contributed by atoms with Crippen molar-refractivity contribution in [1.82, 2.24) is 14.9 Å². The maximum atomic E-state index is 12.8. The van der Waals surface area contributed by atoms with Crippen LogP contribution in [0.25, 0.3) is 10.9 Å². The lowest BCUT2D eigenvalue weighted by Crippen LogP contribution is -2.52. The largest absolute Gasteiger partial charge is 0.493 e. The van der Waals surface area contributed by atoms with Crippen LogP contribution in [0.1, 0.15) is 45.1 Å². The van der Waals surface area contributed by atoms with E-state index >= 15 is 0 Å². The Morgan fingerprint density at radius 1 is 1.10 bits per heavy atom. The molecule has 2 saturated heterocycles. The minimum atomic E-state index is 0.0897. The second kappa shape index (κ2) is 12.6. The van der Waals surface area contributed by atoms with Crippen molar-refractivity contribution in [2.24, 2.45) is 11.3 Å². The van der Waals surface area contributed by atoms with Crippen LogP contribution in [0.3, 0.4) is 0 Å². The van der Waals surface area contributed by atoms with Crippen LogP contribution in [-0.4, -0.2) is 66.6 Å². The molecule has 10 heteroatoms. The summed E-state index contributed by atoms with van der Waals surface area (Å²) < 4.78 is 23.0. The number of piperidine rings is 1. The fraction of sp³-hybridized carbons (Fsp3) is 0.484. The van der Waals surface area contributed by atoms with Crippen LogP contribution in [-0.2, 0) is 20.7 Å². The summed E-state index contributed by atoms with van der Waals surface area (Å²) in [6, 6.07) is 8.77. The number of carbonyl (C=O) groups is 2. The summed E-state index contributed by atoms with van der Waals surface area (Å²) in [6.07, 6.45) is 4.48. The number of nitrogens with zero attached hydrogens (tertiary/aromatic N) is 3. The Morgan fingerprint density at radius 2 is 1.88 bits per heavy atom. The predicted molar refractivity (Wildman–Crippen MR) is 155 cm³/mol. The highest BCUT2D eigenvalue weighted by molar-refractivity contribution is 6.31. The van der Waals surface area contributed by atoms with Gasteiger partial charge in [0.15, 0.2) is 11.5 Å². The number of rotatable bonds is 11. The number of methoxy groups -OCH3 is 1. The fourth-order valence-corrected chi connectivity index (χ4v) is 5.53. The third-order valence-electron chi connectivity index (χ3n) is 7.71. The number of carbonyl (C=O) groups excluding carboxylic acids is 2. The van der Waals surface area contributed by atoms with Crippen LogP contribution in [0.5, 0.6) is 23.1 Å². The van der Waals surface area contributed by atoms with E-state index in [9.17, 15) is 9.59 Å². The smallest absolute Gasteiger partial charge is 0.230 e. The standard InChI is InChI=1S/C31H36ClN3O6/c1-20(2)12-22(36)13-21-4-5-23(14-25(21)32)41-30-24-15-27(38-3)28(16-26(24)33-19-34-30)40-11-6-29(37)35-9-7-31(8-10-35)17-39-18-31/h4-5,14-16,19-20H,6-13,17-18H2,1-3H3. The maximum Gasteiger partial charge on any atom is 0.230 e. The van der Waals surface area contributed by atoms with Crippen LogP contribution >= 0.6 is 11.6 Å². The summed E-state index contributed by atoms with van der Waals surface area (Å²) in [5, 5.41) is 1.09. The van der Waals surface area contributed by atoms with E-state index < -0.39 is 0 Å². The van der Waals surface area contributed by atoms with E-state index in [2.05, 4.69) is 9.97 Å². The topological polar surface area (TPSA) is 100 Å². The Labute approximate surface area is 245 Å². The molecule has 1 amide bonds. The van der Waals surface area contributed by atoms with Crippen molar-refractivity contribution in [3.8, 4) is 23.1 Å². The molecule has 218 valence electrons. The summed E-state index contributed by atoms with van der Waals surface area (Å²) in [4.78, 5) is 35.6. The molecule has 0 atom stereocenters. The van der Waals surface area contributed by atoms with Gasteiger partial charge in [0.2, 0.25) is 11.8 Å². The molecule has 0 saturated carbocycles. The maximum absolute atomic E-state index is 12.8. The first-order valence-electron chi connectivity index (χ1n) is 14.0. The minimum absolute atomic E-state index is 0.0897. The van der Waals surface area contributed by atoms with E-state index in [1.54, 1.807) is 37.4 Å². The molecule has 0 aliphatic carbocycles. The van der Waals surface area contributed by atoms with Gasteiger partial charge in [-0.1, -0.05) is 31.5 Å². The zero-order valence-corrected chi connectivity index (χ0v) is 24.5. The molecule has 2 aliphatic rings. The Morgan fingerprint density at radius 3 is 2.54 bits per heavy atom. The van der Waals surface area contributed by atoms with E-state index in [1.807, 2.05) is 18.7 Å². The van der Waals surface area contributed by atoms with Crippen molar-refractivity contribution in [2.45, 2.75) is 46.0 Å². The van der Waals surface area contributed by atoms with Crippen molar-refractivity contribution in [3.63, 3.8) is 0 Å². The molecular weight excluding hydrogens is 546 g/mol. The number of halogens is 1. The highest BCUT2D eigenvalue weighted by Gasteiger charge is 2.41. The molecule has 41 heavy (non-hydrogen) atoms. The molecule has 3 heterocycles. The van der Waals surface area contributed by atoms with Crippen molar-refractivity contribution in [2.75, 3.05) is 40.0 Å². The molecule has 0 N–H and O–H groups in total. The number of benzene rings is 2. The number of ketones is 1. The van der Waals surface area contributed by atoms with E-state index in [1.165, 1.54) is 6.33 Å². The van der Waals surface area contributed by atoms with Gasteiger partial charge in [-0.05, 0) is 42.5 Å². The summed E-state index contributed by atoms with van der Waals surface area (Å²) in [7, 11) is 1.55. The molecule has 0 bridgehead atoms. The molecule has 5 rings (SSSR count). The number of amides is 1. The molecule has 1 aromatic heterocycles. The molecule has 1 spiro atoms. The van der Waals surface area contributed by atoms with Crippen molar-refractivity contribution in [3.05, 3.63) is 47.2 Å². The third-order valence-corrected chi connectivity index (χ3v) is 8.07. The highest BCUT2D eigenvalue weighted by atomic mass is 35.5. The van der Waals surface area contributed by atoms with Crippen LogP contribution < -0.4 is 14.2 Å². The number of likely N-dealkylation sites (tertiary alicyclic amines) is 1. The summed E-state index contributed by atoms with van der Waals surface area (Å²) in [5.41, 5.74) is 1.65. The lowest BCUT2D eigenvalue weighted by molar-refractivity contribution is -0.153. The van der Waals surface area contributed by atoms with Gasteiger partial charge in [0, 0.05) is 42.4 Å². The van der Waals surface area contributed by atoms with Crippen LogP contribution in [0.15, 0.2) is 36.7 Å². The van der Waals surface area contributed by atoms with Gasteiger partial charge in [-0.2, -0.15) is 0 Å². The Bertz CT molecular complexity index is 1410. The van der Waals surface area contributed by atoms with Gasteiger partial charge in [0.25, 0.3) is 0 Å². The van der Waals surface area contributed by atoms with E-state index in [0.717, 1.165) is 44.7 Å². The van der Waals surface area contributed by atoms with Gasteiger partial charge in [-0.3, -0.25) is 9.59 Å². The molecule has 2 aromatic carbocycles. The number of Topliss-reactive ketones (excluding diaryl/α,β-unsaturated/α-hetero) is 1. The second-order valence-electron chi connectivity index (χ2n) is 11.3. The first-order chi connectivity index (χ1) is 19.7. The molecule has 9 nitrogen and oxygen atoms in total. The minimum Gasteiger partial charge on any atom is -0.493 e. The summed E-state index contributed by atoms with van der Waals surface area (Å²) >= 11 is 6.47. The van der Waals surface area contributed by atoms with E-state index in [4.69, 9.17) is 30.5 Å².